The van der Waals surface area contributed by atoms with Crippen LogP contribution in [-0.2, 0) is 6.54 Å². The lowest BCUT2D eigenvalue weighted by molar-refractivity contribution is 0.405. The van der Waals surface area contributed by atoms with Gasteiger partial charge in [0.1, 0.15) is 5.82 Å². The van der Waals surface area contributed by atoms with Crippen molar-refractivity contribution < 1.29 is 0 Å². The van der Waals surface area contributed by atoms with E-state index in [0.717, 1.165) is 37.6 Å². The van der Waals surface area contributed by atoms with Crippen LogP contribution in [0.25, 0.3) is 0 Å². The second kappa shape index (κ2) is 9.69. The first kappa shape index (κ1) is 18.9. The fourth-order valence-corrected chi connectivity index (χ4v) is 2.84. The number of nitrogens with zero attached hydrogens (tertiary/aromatic N) is 4. The fraction of sp³-hybridized carbons (Fsp3) is 0.273. The van der Waals surface area contributed by atoms with E-state index in [0.29, 0.717) is 5.95 Å². The molecule has 5 nitrogen and oxygen atoms in total. The van der Waals surface area contributed by atoms with E-state index < -0.39 is 0 Å². The molecule has 0 atom stereocenters. The van der Waals surface area contributed by atoms with Gasteiger partial charge in [-0.3, -0.25) is 0 Å². The largest absolute Gasteiger partial charge is 0.370 e. The third-order valence-electron chi connectivity index (χ3n) is 4.22. The van der Waals surface area contributed by atoms with E-state index in [1.165, 1.54) is 5.56 Å². The molecule has 0 radical (unpaired) electrons. The number of hydrogen-bond acceptors (Lipinski definition) is 5. The third-order valence-corrected chi connectivity index (χ3v) is 4.22. The van der Waals surface area contributed by atoms with Crippen molar-refractivity contribution in [3.05, 3.63) is 78.5 Å². The minimum atomic E-state index is 0.697. The lowest BCUT2D eigenvalue weighted by Gasteiger charge is -2.23. The van der Waals surface area contributed by atoms with Gasteiger partial charge in [0.05, 0.1) is 6.54 Å². The summed E-state index contributed by atoms with van der Waals surface area (Å²) in [5.41, 5.74) is 2.29. The molecule has 0 bridgehead atoms. The van der Waals surface area contributed by atoms with Crippen LogP contribution in [0.3, 0.4) is 0 Å². The molecule has 3 rings (SSSR count). The van der Waals surface area contributed by atoms with Gasteiger partial charge in [-0.05, 0) is 50.8 Å². The van der Waals surface area contributed by atoms with Gasteiger partial charge in [-0.1, -0.05) is 48.5 Å². The molecule has 2 aromatic carbocycles. The van der Waals surface area contributed by atoms with Gasteiger partial charge in [-0.2, -0.15) is 4.98 Å². The zero-order chi connectivity index (χ0) is 18.9. The molecule has 1 aromatic heterocycles. The molecule has 1 N–H and O–H groups in total. The van der Waals surface area contributed by atoms with Gasteiger partial charge in [-0.15, -0.1) is 0 Å². The van der Waals surface area contributed by atoms with E-state index in [1.54, 1.807) is 0 Å². The average molecular weight is 361 g/mol. The maximum Gasteiger partial charge on any atom is 0.232 e. The number of nitrogens with one attached hydrogen (secondary N) is 1. The Morgan fingerprint density at radius 2 is 1.59 bits per heavy atom. The van der Waals surface area contributed by atoms with Crippen LogP contribution < -0.4 is 10.2 Å². The Balaban J connectivity index is 1.78. The van der Waals surface area contributed by atoms with Gasteiger partial charge in [0, 0.05) is 18.4 Å². The van der Waals surface area contributed by atoms with Crippen LogP contribution >= 0.6 is 0 Å². The minimum Gasteiger partial charge on any atom is -0.370 e. The fourth-order valence-electron chi connectivity index (χ4n) is 2.84. The summed E-state index contributed by atoms with van der Waals surface area (Å²) in [6.07, 6.45) is 2.89. The van der Waals surface area contributed by atoms with Gasteiger partial charge in [-0.25, -0.2) is 4.98 Å². The molecule has 0 aliphatic heterocycles. The quantitative estimate of drug-likeness (QED) is 0.579. The van der Waals surface area contributed by atoms with Gasteiger partial charge in [0.2, 0.25) is 5.95 Å². The van der Waals surface area contributed by atoms with Crippen LogP contribution in [0, 0.1) is 0 Å². The van der Waals surface area contributed by atoms with Crippen molar-refractivity contribution in [1.29, 1.82) is 0 Å². The van der Waals surface area contributed by atoms with Crippen LogP contribution in [0.15, 0.2) is 72.9 Å². The lowest BCUT2D eigenvalue weighted by atomic mass is 10.2. The van der Waals surface area contributed by atoms with Crippen molar-refractivity contribution in [1.82, 2.24) is 14.9 Å². The summed E-state index contributed by atoms with van der Waals surface area (Å²) in [4.78, 5) is 13.6. The Kier molecular flexibility index (Phi) is 6.77. The molecule has 0 aliphatic carbocycles. The third kappa shape index (κ3) is 5.79. The lowest BCUT2D eigenvalue weighted by Crippen LogP contribution is -2.20. The first-order valence-electron chi connectivity index (χ1n) is 9.30. The van der Waals surface area contributed by atoms with Crippen LogP contribution in [0.5, 0.6) is 0 Å². The Labute approximate surface area is 161 Å². The van der Waals surface area contributed by atoms with Gasteiger partial charge >= 0.3 is 0 Å². The zero-order valence-corrected chi connectivity index (χ0v) is 16.0. The summed E-state index contributed by atoms with van der Waals surface area (Å²) in [5.74, 6) is 1.55. The van der Waals surface area contributed by atoms with E-state index in [1.807, 2.05) is 36.5 Å². The van der Waals surface area contributed by atoms with Crippen molar-refractivity contribution in [2.75, 3.05) is 37.4 Å². The number of benzene rings is 2. The molecule has 0 aliphatic rings. The summed E-state index contributed by atoms with van der Waals surface area (Å²) in [7, 11) is 4.17. The van der Waals surface area contributed by atoms with E-state index in [9.17, 15) is 0 Å². The molecule has 0 saturated heterocycles. The highest BCUT2D eigenvalue weighted by atomic mass is 15.3. The molecule has 0 fully saturated rings. The van der Waals surface area contributed by atoms with Crippen molar-refractivity contribution in [2.45, 2.75) is 13.0 Å². The molecule has 5 heteroatoms. The molecule has 140 valence electrons. The predicted molar refractivity (Wildman–Crippen MR) is 112 cm³/mol. The van der Waals surface area contributed by atoms with E-state index in [2.05, 4.69) is 70.6 Å². The summed E-state index contributed by atoms with van der Waals surface area (Å²) < 4.78 is 0. The van der Waals surface area contributed by atoms with Crippen molar-refractivity contribution in [2.24, 2.45) is 0 Å². The molecular formula is C22H27N5. The van der Waals surface area contributed by atoms with E-state index in [-0.39, 0.29) is 0 Å². The SMILES string of the molecule is CN(C)CCCNc1ccnc(N(Cc2ccccc2)c2ccccc2)n1. The smallest absolute Gasteiger partial charge is 0.232 e. The van der Waals surface area contributed by atoms with E-state index in [4.69, 9.17) is 4.98 Å². The van der Waals surface area contributed by atoms with Crippen molar-refractivity contribution >= 4 is 17.5 Å². The van der Waals surface area contributed by atoms with Crippen molar-refractivity contribution in [3.8, 4) is 0 Å². The highest BCUT2D eigenvalue weighted by molar-refractivity contribution is 5.58. The van der Waals surface area contributed by atoms with Crippen molar-refractivity contribution in [3.63, 3.8) is 0 Å². The van der Waals surface area contributed by atoms with Gasteiger partial charge in [0.25, 0.3) is 0 Å². The highest BCUT2D eigenvalue weighted by Gasteiger charge is 2.13. The zero-order valence-electron chi connectivity index (χ0n) is 16.0. The van der Waals surface area contributed by atoms with Gasteiger partial charge in [0.15, 0.2) is 0 Å². The maximum atomic E-state index is 4.75. The average Bonchev–Trinajstić information content (AvgIpc) is 2.71. The van der Waals surface area contributed by atoms with E-state index >= 15 is 0 Å². The van der Waals surface area contributed by atoms with Gasteiger partial charge < -0.3 is 15.1 Å². The molecule has 3 aromatic rings. The summed E-state index contributed by atoms with van der Waals surface area (Å²) in [6.45, 7) is 2.66. The second-order valence-electron chi connectivity index (χ2n) is 6.73. The number of hydrogen-bond donors (Lipinski definition) is 1. The molecule has 0 amide bonds. The molecule has 0 spiro atoms. The second-order valence-corrected chi connectivity index (χ2v) is 6.73. The van der Waals surface area contributed by atoms with Crippen LogP contribution in [0.2, 0.25) is 0 Å². The summed E-state index contributed by atoms with van der Waals surface area (Å²) in [5, 5.41) is 3.41. The Bertz CT molecular complexity index is 805. The molecule has 0 unspecified atom stereocenters. The Hall–Kier alpha value is -2.92. The van der Waals surface area contributed by atoms with Crippen LogP contribution in [-0.4, -0.2) is 42.1 Å². The Morgan fingerprint density at radius 1 is 0.889 bits per heavy atom. The van der Waals surface area contributed by atoms with Crippen LogP contribution in [0.4, 0.5) is 17.5 Å². The summed E-state index contributed by atoms with van der Waals surface area (Å²) >= 11 is 0. The Morgan fingerprint density at radius 3 is 2.30 bits per heavy atom. The summed E-state index contributed by atoms with van der Waals surface area (Å²) in [6, 6.07) is 22.6. The molecule has 1 heterocycles. The van der Waals surface area contributed by atoms with Crippen LogP contribution in [0.1, 0.15) is 12.0 Å². The standard InChI is InChI=1S/C22H27N5/c1-26(2)17-9-15-23-21-14-16-24-22(25-21)27(20-12-7-4-8-13-20)18-19-10-5-3-6-11-19/h3-8,10-14,16H,9,15,17-18H2,1-2H3,(H,23,24,25). The number of aromatic nitrogens is 2. The molecule has 27 heavy (non-hydrogen) atoms. The number of anilines is 3. The number of para-hydroxylation sites is 1. The normalized spacial score (nSPS) is 10.8. The topological polar surface area (TPSA) is 44.3 Å². The minimum absolute atomic E-state index is 0.697. The molecule has 0 saturated carbocycles. The molecular weight excluding hydrogens is 334 g/mol. The monoisotopic (exact) mass is 361 g/mol. The number of rotatable bonds is 9. The first-order valence-corrected chi connectivity index (χ1v) is 9.30. The first-order chi connectivity index (χ1) is 13.2. The predicted octanol–water partition coefficient (Wildman–Crippen LogP) is 4.18. The highest BCUT2D eigenvalue weighted by Crippen LogP contribution is 2.25. The maximum absolute atomic E-state index is 4.75.